The van der Waals surface area contributed by atoms with Crippen LogP contribution in [0.25, 0.3) is 0 Å². The van der Waals surface area contributed by atoms with Gasteiger partial charge in [-0.25, -0.2) is 9.59 Å². The number of carboxylic acid groups (broad SMARTS) is 3. The number of ketones is 1. The molecule has 79 heavy (non-hydrogen) atoms. The van der Waals surface area contributed by atoms with Crippen LogP contribution in [0, 0.1) is 0 Å². The van der Waals surface area contributed by atoms with Crippen LogP contribution in [0.4, 0.5) is 0 Å². The first kappa shape index (κ1) is 78.0. The van der Waals surface area contributed by atoms with E-state index in [0.29, 0.717) is 19.4 Å². The highest BCUT2D eigenvalue weighted by Gasteiger charge is 2.28. The fourth-order valence-electron chi connectivity index (χ4n) is 4.74. The molecule has 0 bridgehead atoms. The van der Waals surface area contributed by atoms with Gasteiger partial charge in [-0.1, -0.05) is 0 Å². The molecule has 1 aliphatic rings. The third-order valence-corrected chi connectivity index (χ3v) is 8.14. The van der Waals surface area contributed by atoms with Gasteiger partial charge >= 0.3 is 84.1 Å². The average molecular weight is 1150 g/mol. The Kier molecular flexibility index (Phi) is 48.2. The maximum atomic E-state index is 12.6. The van der Waals surface area contributed by atoms with Crippen molar-refractivity contribution < 1.29 is 165 Å². The molecule has 6 atom stereocenters. The predicted octanol–water partition coefficient (Wildman–Crippen LogP) is -5.42. The van der Waals surface area contributed by atoms with Gasteiger partial charge in [0.05, 0.1) is 58.4 Å². The monoisotopic (exact) mass is 1150 g/mol. The van der Waals surface area contributed by atoms with Crippen LogP contribution in [-0.4, -0.2) is 248 Å². The van der Waals surface area contributed by atoms with Gasteiger partial charge in [-0.3, -0.25) is 62.3 Å². The van der Waals surface area contributed by atoms with Crippen LogP contribution < -0.4 is 5.32 Å². The van der Waals surface area contributed by atoms with Crippen LogP contribution in [-0.2, 0) is 124 Å². The first-order valence-electron chi connectivity index (χ1n) is 22.6. The maximum Gasteiger partial charge on any atom is 0.381 e. The second-order valence-electron chi connectivity index (χ2n) is 14.8. The zero-order valence-corrected chi connectivity index (χ0v) is 43.5. The molecule has 1 aliphatic heterocycles. The van der Waals surface area contributed by atoms with Gasteiger partial charge in [0.2, 0.25) is 5.78 Å². The molecule has 0 aromatic carbocycles. The minimum Gasteiger partial charge on any atom is -0.481 e. The number of esters is 10. The van der Waals surface area contributed by atoms with E-state index in [1.807, 2.05) is 0 Å². The van der Waals surface area contributed by atoms with E-state index in [9.17, 15) is 77.0 Å². The van der Waals surface area contributed by atoms with Gasteiger partial charge in [0, 0.05) is 28.3 Å². The lowest BCUT2D eigenvalue weighted by Gasteiger charge is -2.23. The number of aliphatic hydroxyl groups is 5. The number of aliphatic hydroxyl groups excluding tert-OH is 5. The van der Waals surface area contributed by atoms with E-state index >= 15 is 0 Å². The molecule has 0 amide bonds. The maximum absolute atomic E-state index is 12.6. The Morgan fingerprint density at radius 1 is 0.570 bits per heavy atom. The standard InChI is InChI=1S/C31H43NO22.C7H6O7.C4H10O3.2CH4O/c1-17(47-12-18(11-33)52-28(43)8-23(36)37)7-26(41)50-13-19(14-51-27(42)10-30(45)54-31(46)21-3-2-6-32-21)48-15-20(53-29(44)9-24(38)39)16-49-25(40)5-4-22(34)35;1-4(9)7(12)14-6(11)2-5(10)13-3-8;1-7-3-4(6)2-5;2*1-2/h17-21,32-33H,2-16H2,1H3,(H,34,35)(H,36,37)(H,38,39);3H,2H2,1H3;4-6H,2-3H2,1H3;2*2H,1H3/t17?,18?,19?,20?,21-;;;;/m0..../s1. The molecular weight excluding hydrogens is 1090 g/mol. The van der Waals surface area contributed by atoms with Crippen LogP contribution in [0.15, 0.2) is 0 Å². The van der Waals surface area contributed by atoms with Crippen LogP contribution in [0.1, 0.15) is 71.6 Å². The van der Waals surface area contributed by atoms with Crippen LogP contribution >= 0.6 is 0 Å². The molecule has 0 aromatic heterocycles. The highest BCUT2D eigenvalue weighted by atomic mass is 16.6. The van der Waals surface area contributed by atoms with E-state index in [1.165, 1.54) is 14.0 Å². The molecule has 1 heterocycles. The van der Waals surface area contributed by atoms with Gasteiger partial charge in [-0.2, -0.15) is 0 Å². The Morgan fingerprint density at radius 3 is 1.54 bits per heavy atom. The van der Waals surface area contributed by atoms with E-state index in [2.05, 4.69) is 24.3 Å². The smallest absolute Gasteiger partial charge is 0.381 e. The summed E-state index contributed by atoms with van der Waals surface area (Å²) in [6.45, 7) is -1.31. The number of methoxy groups -OCH3 is 1. The number of aliphatic carboxylic acids is 3. The Labute approximate surface area is 448 Å². The van der Waals surface area contributed by atoms with E-state index in [4.69, 9.17) is 68.9 Å². The SMILES string of the molecule is CC(=O)C(=O)OC(=O)CC(=O)OC=O.CC(CC(=O)OCC(COC(=O)CC(=O)OC(=O)[C@@H]1CCCN1)OCC(COC(=O)CCC(=O)O)OC(=O)CC(=O)O)OCC(CO)OC(=O)CC(=O)O.CO.CO.COCC(O)CO. The molecule has 1 rings (SSSR count). The summed E-state index contributed by atoms with van der Waals surface area (Å²) >= 11 is 0. The molecule has 1 fully saturated rings. The second kappa shape index (κ2) is 48.8. The van der Waals surface area contributed by atoms with Crippen molar-refractivity contribution >= 4 is 89.9 Å². The lowest BCUT2D eigenvalue weighted by Crippen LogP contribution is -2.36. The van der Waals surface area contributed by atoms with Crippen molar-refractivity contribution in [2.24, 2.45) is 0 Å². The first-order valence-corrected chi connectivity index (χ1v) is 22.6. The lowest BCUT2D eigenvalue weighted by molar-refractivity contribution is -0.172. The molecule has 5 unspecified atom stereocenters. The van der Waals surface area contributed by atoms with Crippen molar-refractivity contribution in [2.75, 3.05) is 80.7 Å². The quantitative estimate of drug-likeness (QED) is 0.00954. The van der Waals surface area contributed by atoms with Gasteiger partial charge in [-0.15, -0.1) is 0 Å². The molecular formula is C44H67NO34. The molecule has 0 saturated carbocycles. The van der Waals surface area contributed by atoms with E-state index in [1.54, 1.807) is 0 Å². The number of carbonyl (C=O) groups is 15. The number of rotatable bonds is 34. The van der Waals surface area contributed by atoms with E-state index in [0.717, 1.165) is 21.1 Å². The first-order chi connectivity index (χ1) is 37.2. The van der Waals surface area contributed by atoms with Crippen molar-refractivity contribution in [3.8, 4) is 0 Å². The van der Waals surface area contributed by atoms with Crippen molar-refractivity contribution in [1.29, 1.82) is 0 Å². The third kappa shape index (κ3) is 47.4. The summed E-state index contributed by atoms with van der Waals surface area (Å²) in [5.74, 6) is -16.7. The molecule has 35 nitrogen and oxygen atoms in total. The number of hydrogen-bond acceptors (Lipinski definition) is 32. The molecule has 0 spiro atoms. The normalized spacial score (nSPS) is 13.7. The van der Waals surface area contributed by atoms with Gasteiger partial charge < -0.3 is 98.3 Å². The fourth-order valence-corrected chi connectivity index (χ4v) is 4.74. The Bertz CT molecular complexity index is 1930. The number of carbonyl (C=O) groups excluding carboxylic acids is 12. The highest BCUT2D eigenvalue weighted by Crippen LogP contribution is 2.10. The Morgan fingerprint density at radius 2 is 1.08 bits per heavy atom. The molecule has 0 radical (unpaired) electrons. The summed E-state index contributed by atoms with van der Waals surface area (Å²) in [5, 5.41) is 69.1. The predicted molar refractivity (Wildman–Crippen MR) is 247 cm³/mol. The lowest BCUT2D eigenvalue weighted by atomic mass is 10.2. The van der Waals surface area contributed by atoms with Crippen LogP contribution in [0.3, 0.4) is 0 Å². The van der Waals surface area contributed by atoms with Gasteiger partial charge in [0.15, 0.2) is 6.10 Å². The Balaban J connectivity index is -0.000000926. The summed E-state index contributed by atoms with van der Waals surface area (Å²) < 4.78 is 52.4. The summed E-state index contributed by atoms with van der Waals surface area (Å²) in [5.41, 5.74) is 0. The molecule has 35 heteroatoms. The van der Waals surface area contributed by atoms with E-state index < -0.39 is 205 Å². The second-order valence-corrected chi connectivity index (χ2v) is 14.8. The summed E-state index contributed by atoms with van der Waals surface area (Å²) in [7, 11) is 3.47. The molecule has 452 valence electrons. The molecule has 1 saturated heterocycles. The molecule has 9 N–H and O–H groups in total. The summed E-state index contributed by atoms with van der Waals surface area (Å²) in [4.78, 5) is 168. The zero-order chi connectivity index (χ0) is 61.5. The number of carboxylic acids is 3. The summed E-state index contributed by atoms with van der Waals surface area (Å²) in [6.07, 6.45) is -10.2. The van der Waals surface area contributed by atoms with E-state index in [-0.39, 0.29) is 19.7 Å². The number of nitrogens with one attached hydrogen (secondary N) is 1. The number of ether oxygens (including phenoxy) is 11. The van der Waals surface area contributed by atoms with Crippen molar-refractivity contribution in [3.63, 3.8) is 0 Å². The largest absolute Gasteiger partial charge is 0.481 e. The van der Waals surface area contributed by atoms with Gasteiger partial charge in [0.1, 0.15) is 69.9 Å². The molecule has 0 aliphatic carbocycles. The van der Waals surface area contributed by atoms with Gasteiger partial charge in [0.25, 0.3) is 0 Å². The number of Topliss-reactive ketones (excluding diaryl/α,β-unsaturated/α-hetero) is 1. The third-order valence-electron chi connectivity index (χ3n) is 8.14. The minimum atomic E-state index is -1.56. The minimum absolute atomic E-state index is 0.164. The highest BCUT2D eigenvalue weighted by molar-refractivity contribution is 6.34. The van der Waals surface area contributed by atoms with Crippen molar-refractivity contribution in [1.82, 2.24) is 5.32 Å². The number of hydrogen-bond donors (Lipinski definition) is 9. The summed E-state index contributed by atoms with van der Waals surface area (Å²) in [6, 6.07) is -0.711. The van der Waals surface area contributed by atoms with Crippen LogP contribution in [0.5, 0.6) is 0 Å². The average Bonchev–Trinajstić information content (AvgIpc) is 3.93. The zero-order valence-electron chi connectivity index (χ0n) is 43.5. The van der Waals surface area contributed by atoms with Crippen molar-refractivity contribution in [3.05, 3.63) is 0 Å². The molecule has 0 aromatic rings. The Hall–Kier alpha value is -7.51. The van der Waals surface area contributed by atoms with Crippen LogP contribution in [0.2, 0.25) is 0 Å². The van der Waals surface area contributed by atoms with Crippen molar-refractivity contribution in [2.45, 2.75) is 108 Å². The topological polar surface area (TPSA) is 531 Å². The van der Waals surface area contributed by atoms with Gasteiger partial charge in [-0.05, 0) is 26.3 Å². The fraction of sp³-hybridized carbons (Fsp3) is 0.659.